The number of likely N-dealkylation sites (tertiary alicyclic amines) is 1. The molecule has 1 saturated heterocycles. The van der Waals surface area contributed by atoms with Gasteiger partial charge in [-0.15, -0.1) is 0 Å². The van der Waals surface area contributed by atoms with Crippen LogP contribution in [0.2, 0.25) is 5.15 Å². The van der Waals surface area contributed by atoms with E-state index in [0.717, 1.165) is 25.1 Å². The van der Waals surface area contributed by atoms with Crippen molar-refractivity contribution in [1.82, 2.24) is 14.9 Å². The summed E-state index contributed by atoms with van der Waals surface area (Å²) in [5, 5.41) is 0.346. The second kappa shape index (κ2) is 6.22. The maximum absolute atomic E-state index is 12.5. The van der Waals surface area contributed by atoms with Crippen molar-refractivity contribution >= 4 is 17.5 Å². The van der Waals surface area contributed by atoms with E-state index in [1.807, 2.05) is 23.1 Å². The van der Waals surface area contributed by atoms with Crippen LogP contribution >= 0.6 is 11.6 Å². The molecule has 0 N–H and O–H groups in total. The van der Waals surface area contributed by atoms with Gasteiger partial charge in [0.1, 0.15) is 5.15 Å². The number of hydrogen-bond donors (Lipinski definition) is 0. The van der Waals surface area contributed by atoms with Crippen molar-refractivity contribution in [2.75, 3.05) is 13.1 Å². The lowest BCUT2D eigenvalue weighted by atomic mass is 9.94. The Labute approximate surface area is 128 Å². The number of pyridine rings is 2. The smallest absolute Gasteiger partial charge is 0.254 e. The molecule has 21 heavy (non-hydrogen) atoms. The molecule has 0 spiro atoms. The standard InChI is InChI=1S/C16H16ClN3O/c17-15-10-12(6-8-19-15)16(21)20-9-3-4-13(11-20)14-5-1-2-7-18-14/h1-2,5-8,10,13H,3-4,9,11H2. The van der Waals surface area contributed by atoms with Crippen LogP contribution in [0.25, 0.3) is 0 Å². The van der Waals surface area contributed by atoms with Gasteiger partial charge in [-0.05, 0) is 37.1 Å². The minimum Gasteiger partial charge on any atom is -0.338 e. The zero-order valence-corrected chi connectivity index (χ0v) is 12.3. The van der Waals surface area contributed by atoms with Crippen LogP contribution in [0.1, 0.15) is 34.8 Å². The fraction of sp³-hybridized carbons (Fsp3) is 0.312. The van der Waals surface area contributed by atoms with Gasteiger partial charge in [-0.3, -0.25) is 9.78 Å². The van der Waals surface area contributed by atoms with Gasteiger partial charge in [-0.1, -0.05) is 17.7 Å². The average molecular weight is 302 g/mol. The molecule has 1 aliphatic heterocycles. The molecule has 1 aliphatic rings. The Morgan fingerprint density at radius 2 is 2.14 bits per heavy atom. The molecule has 3 rings (SSSR count). The number of aromatic nitrogens is 2. The summed E-state index contributed by atoms with van der Waals surface area (Å²) >= 11 is 5.86. The molecule has 0 saturated carbocycles. The lowest BCUT2D eigenvalue weighted by Gasteiger charge is -2.32. The molecule has 1 amide bonds. The summed E-state index contributed by atoms with van der Waals surface area (Å²) in [6.07, 6.45) is 5.43. The van der Waals surface area contributed by atoms with Crippen molar-refractivity contribution in [3.8, 4) is 0 Å². The van der Waals surface area contributed by atoms with Gasteiger partial charge in [0, 0.05) is 42.7 Å². The van der Waals surface area contributed by atoms with Crippen LogP contribution in [0, 0.1) is 0 Å². The van der Waals surface area contributed by atoms with Gasteiger partial charge in [0.25, 0.3) is 5.91 Å². The zero-order valence-electron chi connectivity index (χ0n) is 11.6. The number of rotatable bonds is 2. The topological polar surface area (TPSA) is 46.1 Å². The van der Waals surface area contributed by atoms with E-state index < -0.39 is 0 Å². The van der Waals surface area contributed by atoms with E-state index in [0.29, 0.717) is 23.2 Å². The van der Waals surface area contributed by atoms with Crippen molar-refractivity contribution in [3.63, 3.8) is 0 Å². The highest BCUT2D eigenvalue weighted by molar-refractivity contribution is 6.29. The first-order valence-corrected chi connectivity index (χ1v) is 7.43. The Morgan fingerprint density at radius 3 is 2.90 bits per heavy atom. The van der Waals surface area contributed by atoms with Crippen LogP contribution in [0.5, 0.6) is 0 Å². The molecule has 0 aromatic carbocycles. The minimum absolute atomic E-state index is 0.0138. The number of halogens is 1. The van der Waals surface area contributed by atoms with E-state index in [1.165, 1.54) is 0 Å². The van der Waals surface area contributed by atoms with E-state index in [4.69, 9.17) is 11.6 Å². The molecular formula is C16H16ClN3O. The zero-order chi connectivity index (χ0) is 14.7. The summed E-state index contributed by atoms with van der Waals surface area (Å²) in [6, 6.07) is 9.26. The summed E-state index contributed by atoms with van der Waals surface area (Å²) in [6.45, 7) is 1.48. The third kappa shape index (κ3) is 3.22. The maximum Gasteiger partial charge on any atom is 0.254 e. The van der Waals surface area contributed by atoms with Gasteiger partial charge in [0.2, 0.25) is 0 Å². The molecule has 2 aromatic rings. The lowest BCUT2D eigenvalue weighted by Crippen LogP contribution is -2.39. The Morgan fingerprint density at radius 1 is 1.24 bits per heavy atom. The summed E-state index contributed by atoms with van der Waals surface area (Å²) < 4.78 is 0. The van der Waals surface area contributed by atoms with Crippen molar-refractivity contribution in [2.45, 2.75) is 18.8 Å². The summed E-state index contributed by atoms with van der Waals surface area (Å²) in [5.74, 6) is 0.321. The number of piperidine rings is 1. The van der Waals surface area contributed by atoms with E-state index >= 15 is 0 Å². The largest absolute Gasteiger partial charge is 0.338 e. The predicted octanol–water partition coefficient (Wildman–Crippen LogP) is 3.15. The van der Waals surface area contributed by atoms with Crippen molar-refractivity contribution in [3.05, 3.63) is 59.1 Å². The van der Waals surface area contributed by atoms with Gasteiger partial charge in [0.05, 0.1) is 0 Å². The van der Waals surface area contributed by atoms with Gasteiger partial charge >= 0.3 is 0 Å². The fourth-order valence-electron chi connectivity index (χ4n) is 2.74. The number of hydrogen-bond acceptors (Lipinski definition) is 3. The summed E-state index contributed by atoms with van der Waals surface area (Å²) in [7, 11) is 0. The molecule has 1 unspecified atom stereocenters. The summed E-state index contributed by atoms with van der Waals surface area (Å²) in [5.41, 5.74) is 1.65. The van der Waals surface area contributed by atoms with E-state index in [2.05, 4.69) is 9.97 Å². The van der Waals surface area contributed by atoms with Crippen LogP contribution in [0.15, 0.2) is 42.7 Å². The van der Waals surface area contributed by atoms with E-state index in [1.54, 1.807) is 24.5 Å². The van der Waals surface area contributed by atoms with Crippen LogP contribution in [0.4, 0.5) is 0 Å². The molecule has 3 heterocycles. The Kier molecular flexibility index (Phi) is 4.15. The molecule has 1 fully saturated rings. The monoisotopic (exact) mass is 301 g/mol. The molecule has 108 valence electrons. The Balaban J connectivity index is 1.75. The second-order valence-electron chi connectivity index (χ2n) is 5.21. The Bertz CT molecular complexity index is 632. The number of carbonyl (C=O) groups excluding carboxylic acids is 1. The minimum atomic E-state index is 0.0138. The lowest BCUT2D eigenvalue weighted by molar-refractivity contribution is 0.0706. The number of amides is 1. The third-order valence-electron chi connectivity index (χ3n) is 3.79. The van der Waals surface area contributed by atoms with Crippen LogP contribution < -0.4 is 0 Å². The highest BCUT2D eigenvalue weighted by atomic mass is 35.5. The van der Waals surface area contributed by atoms with Gasteiger partial charge in [-0.2, -0.15) is 0 Å². The molecule has 0 aliphatic carbocycles. The predicted molar refractivity (Wildman–Crippen MR) is 81.4 cm³/mol. The molecular weight excluding hydrogens is 286 g/mol. The van der Waals surface area contributed by atoms with E-state index in [9.17, 15) is 4.79 Å². The van der Waals surface area contributed by atoms with Gasteiger partial charge < -0.3 is 4.90 Å². The van der Waals surface area contributed by atoms with Crippen molar-refractivity contribution < 1.29 is 4.79 Å². The number of carbonyl (C=O) groups is 1. The van der Waals surface area contributed by atoms with Crippen molar-refractivity contribution in [1.29, 1.82) is 0 Å². The molecule has 4 nitrogen and oxygen atoms in total. The van der Waals surface area contributed by atoms with Gasteiger partial charge in [0.15, 0.2) is 0 Å². The van der Waals surface area contributed by atoms with Crippen LogP contribution in [-0.2, 0) is 0 Å². The maximum atomic E-state index is 12.5. The molecule has 1 atom stereocenters. The molecule has 0 radical (unpaired) electrons. The Hall–Kier alpha value is -1.94. The van der Waals surface area contributed by atoms with Crippen molar-refractivity contribution in [2.24, 2.45) is 0 Å². The third-order valence-corrected chi connectivity index (χ3v) is 3.99. The van der Waals surface area contributed by atoms with E-state index in [-0.39, 0.29) is 5.91 Å². The highest BCUT2D eigenvalue weighted by Crippen LogP contribution is 2.26. The molecule has 5 heteroatoms. The SMILES string of the molecule is O=C(c1ccnc(Cl)c1)N1CCCC(c2ccccn2)C1. The first-order chi connectivity index (χ1) is 10.2. The van der Waals surface area contributed by atoms with Crippen LogP contribution in [0.3, 0.4) is 0 Å². The summed E-state index contributed by atoms with van der Waals surface area (Å²) in [4.78, 5) is 22.8. The second-order valence-corrected chi connectivity index (χ2v) is 5.60. The van der Waals surface area contributed by atoms with Crippen LogP contribution in [-0.4, -0.2) is 33.9 Å². The normalized spacial score (nSPS) is 18.5. The average Bonchev–Trinajstić information content (AvgIpc) is 2.55. The van der Waals surface area contributed by atoms with Gasteiger partial charge in [-0.25, -0.2) is 4.98 Å². The molecule has 0 bridgehead atoms. The quantitative estimate of drug-likeness (QED) is 0.801. The fourth-order valence-corrected chi connectivity index (χ4v) is 2.91. The number of nitrogens with zero attached hydrogens (tertiary/aromatic N) is 3. The molecule has 2 aromatic heterocycles. The first kappa shape index (κ1) is 14.0. The first-order valence-electron chi connectivity index (χ1n) is 7.06. The highest BCUT2D eigenvalue weighted by Gasteiger charge is 2.26.